The molecular formula is C16H15F. The summed E-state index contributed by atoms with van der Waals surface area (Å²) in [6.07, 6.45) is 3.91. The first-order chi connectivity index (χ1) is 8.15. The zero-order chi connectivity index (χ0) is 12.3. The van der Waals surface area contributed by atoms with Crippen LogP contribution in [0.2, 0.25) is 0 Å². The summed E-state index contributed by atoms with van der Waals surface area (Å²) in [6, 6.07) is 13.5. The van der Waals surface area contributed by atoms with Gasteiger partial charge in [0.25, 0.3) is 0 Å². The van der Waals surface area contributed by atoms with E-state index in [1.807, 2.05) is 18.2 Å². The number of halogens is 1. The van der Waals surface area contributed by atoms with Crippen LogP contribution >= 0.6 is 0 Å². The summed E-state index contributed by atoms with van der Waals surface area (Å²) >= 11 is 0. The molecule has 0 unspecified atom stereocenters. The Morgan fingerprint density at radius 2 is 1.41 bits per heavy atom. The van der Waals surface area contributed by atoms with Crippen LogP contribution in [-0.2, 0) is 0 Å². The van der Waals surface area contributed by atoms with Gasteiger partial charge >= 0.3 is 0 Å². The Labute approximate surface area is 101 Å². The predicted molar refractivity (Wildman–Crippen MR) is 71.2 cm³/mol. The van der Waals surface area contributed by atoms with Gasteiger partial charge in [0.05, 0.1) is 0 Å². The Morgan fingerprint density at radius 3 is 2.06 bits per heavy atom. The molecule has 0 aliphatic carbocycles. The van der Waals surface area contributed by atoms with E-state index < -0.39 is 0 Å². The largest absolute Gasteiger partial charge is 0.207 e. The number of hydrogen-bond acceptors (Lipinski definition) is 0. The summed E-state index contributed by atoms with van der Waals surface area (Å²) in [4.78, 5) is 0. The van der Waals surface area contributed by atoms with E-state index in [0.29, 0.717) is 5.56 Å². The summed E-state index contributed by atoms with van der Waals surface area (Å²) in [5, 5.41) is 0. The highest BCUT2D eigenvalue weighted by Crippen LogP contribution is 2.13. The van der Waals surface area contributed by atoms with Crippen LogP contribution < -0.4 is 0 Å². The Kier molecular flexibility index (Phi) is 3.38. The lowest BCUT2D eigenvalue weighted by atomic mass is 10.1. The van der Waals surface area contributed by atoms with Gasteiger partial charge in [0.15, 0.2) is 0 Å². The van der Waals surface area contributed by atoms with Crippen molar-refractivity contribution in [1.29, 1.82) is 0 Å². The molecule has 0 saturated heterocycles. The molecule has 0 heterocycles. The van der Waals surface area contributed by atoms with Crippen LogP contribution in [0.3, 0.4) is 0 Å². The van der Waals surface area contributed by atoms with E-state index in [2.05, 4.69) is 31.2 Å². The van der Waals surface area contributed by atoms with E-state index in [0.717, 1.165) is 11.1 Å². The standard InChI is InChI=1S/C16H15F/c1-12-3-6-14(7-4-12)9-10-15-8-5-13(2)16(17)11-15/h3-11H,1-2H3. The quantitative estimate of drug-likeness (QED) is 0.656. The monoisotopic (exact) mass is 226 g/mol. The molecule has 0 aromatic heterocycles. The summed E-state index contributed by atoms with van der Waals surface area (Å²) in [5.74, 6) is -0.156. The zero-order valence-corrected chi connectivity index (χ0v) is 10.1. The normalized spacial score (nSPS) is 11.0. The van der Waals surface area contributed by atoms with Crippen LogP contribution in [0.5, 0.6) is 0 Å². The van der Waals surface area contributed by atoms with Crippen molar-refractivity contribution >= 4 is 12.2 Å². The first-order valence-electron chi connectivity index (χ1n) is 5.66. The molecule has 0 atom stereocenters. The summed E-state index contributed by atoms with van der Waals surface area (Å²) in [7, 11) is 0. The Morgan fingerprint density at radius 1 is 0.824 bits per heavy atom. The topological polar surface area (TPSA) is 0 Å². The molecule has 0 radical (unpaired) electrons. The fourth-order valence-corrected chi connectivity index (χ4v) is 1.58. The first-order valence-corrected chi connectivity index (χ1v) is 5.66. The van der Waals surface area contributed by atoms with E-state index in [1.54, 1.807) is 19.1 Å². The summed E-state index contributed by atoms with van der Waals surface area (Å²) < 4.78 is 13.3. The van der Waals surface area contributed by atoms with Gasteiger partial charge in [-0.15, -0.1) is 0 Å². The molecule has 0 aliphatic rings. The van der Waals surface area contributed by atoms with Gasteiger partial charge in [-0.3, -0.25) is 0 Å². The van der Waals surface area contributed by atoms with Crippen molar-refractivity contribution in [3.8, 4) is 0 Å². The van der Waals surface area contributed by atoms with E-state index in [4.69, 9.17) is 0 Å². The minimum atomic E-state index is -0.156. The Bertz CT molecular complexity index is 536. The molecule has 0 fully saturated rings. The van der Waals surface area contributed by atoms with Crippen LogP contribution in [-0.4, -0.2) is 0 Å². The van der Waals surface area contributed by atoms with Crippen LogP contribution in [0.25, 0.3) is 12.2 Å². The van der Waals surface area contributed by atoms with Crippen molar-refractivity contribution in [1.82, 2.24) is 0 Å². The number of rotatable bonds is 2. The van der Waals surface area contributed by atoms with Crippen LogP contribution in [0.4, 0.5) is 4.39 Å². The molecule has 0 spiro atoms. The Balaban J connectivity index is 2.20. The molecule has 0 N–H and O–H groups in total. The molecule has 0 bridgehead atoms. The third-order valence-electron chi connectivity index (χ3n) is 2.74. The maximum Gasteiger partial charge on any atom is 0.126 e. The van der Waals surface area contributed by atoms with Crippen molar-refractivity contribution in [2.75, 3.05) is 0 Å². The highest BCUT2D eigenvalue weighted by atomic mass is 19.1. The van der Waals surface area contributed by atoms with Crippen molar-refractivity contribution in [3.63, 3.8) is 0 Å². The van der Waals surface area contributed by atoms with Crippen molar-refractivity contribution in [2.45, 2.75) is 13.8 Å². The molecule has 0 amide bonds. The second-order valence-electron chi connectivity index (χ2n) is 4.25. The first kappa shape index (κ1) is 11.6. The molecule has 2 aromatic carbocycles. The zero-order valence-electron chi connectivity index (χ0n) is 10.1. The van der Waals surface area contributed by atoms with Crippen LogP contribution in [0.15, 0.2) is 42.5 Å². The van der Waals surface area contributed by atoms with E-state index in [1.165, 1.54) is 5.56 Å². The lowest BCUT2D eigenvalue weighted by Gasteiger charge is -1.98. The predicted octanol–water partition coefficient (Wildman–Crippen LogP) is 4.61. The van der Waals surface area contributed by atoms with Gasteiger partial charge in [0.2, 0.25) is 0 Å². The molecule has 86 valence electrons. The minimum absolute atomic E-state index is 0.156. The molecule has 2 aromatic rings. The van der Waals surface area contributed by atoms with Gasteiger partial charge < -0.3 is 0 Å². The minimum Gasteiger partial charge on any atom is -0.207 e. The van der Waals surface area contributed by atoms with E-state index in [9.17, 15) is 4.39 Å². The van der Waals surface area contributed by atoms with Gasteiger partial charge in [-0.25, -0.2) is 4.39 Å². The van der Waals surface area contributed by atoms with Crippen molar-refractivity contribution < 1.29 is 4.39 Å². The third-order valence-corrected chi connectivity index (χ3v) is 2.74. The lowest BCUT2D eigenvalue weighted by molar-refractivity contribution is 0.618. The van der Waals surface area contributed by atoms with Crippen molar-refractivity contribution in [2.24, 2.45) is 0 Å². The Hall–Kier alpha value is -1.89. The van der Waals surface area contributed by atoms with Gasteiger partial charge in [-0.2, -0.15) is 0 Å². The van der Waals surface area contributed by atoms with Crippen LogP contribution in [0, 0.1) is 19.7 Å². The van der Waals surface area contributed by atoms with Crippen LogP contribution in [0.1, 0.15) is 22.3 Å². The molecular weight excluding hydrogens is 211 g/mol. The van der Waals surface area contributed by atoms with Gasteiger partial charge in [0.1, 0.15) is 5.82 Å². The fraction of sp³-hybridized carbons (Fsp3) is 0.125. The van der Waals surface area contributed by atoms with Crippen molar-refractivity contribution in [3.05, 3.63) is 70.5 Å². The smallest absolute Gasteiger partial charge is 0.126 e. The molecule has 0 nitrogen and oxygen atoms in total. The second kappa shape index (κ2) is 4.96. The average molecular weight is 226 g/mol. The second-order valence-corrected chi connectivity index (χ2v) is 4.25. The number of aryl methyl sites for hydroxylation is 2. The summed E-state index contributed by atoms with van der Waals surface area (Å²) in [6.45, 7) is 3.83. The van der Waals surface area contributed by atoms with E-state index in [-0.39, 0.29) is 5.82 Å². The number of benzene rings is 2. The summed E-state index contributed by atoms with van der Waals surface area (Å²) in [5.41, 5.74) is 3.92. The highest BCUT2D eigenvalue weighted by molar-refractivity contribution is 5.69. The molecule has 1 heteroatoms. The maximum atomic E-state index is 13.3. The average Bonchev–Trinajstić information content (AvgIpc) is 2.33. The van der Waals surface area contributed by atoms with E-state index >= 15 is 0 Å². The highest BCUT2D eigenvalue weighted by Gasteiger charge is 1.96. The lowest BCUT2D eigenvalue weighted by Crippen LogP contribution is -1.82. The third kappa shape index (κ3) is 3.04. The molecule has 0 saturated carbocycles. The fourth-order valence-electron chi connectivity index (χ4n) is 1.58. The SMILES string of the molecule is Cc1ccc(C=Cc2ccc(C)c(F)c2)cc1. The van der Waals surface area contributed by atoms with Gasteiger partial charge in [-0.1, -0.05) is 54.1 Å². The molecule has 2 rings (SSSR count). The number of hydrogen-bond donors (Lipinski definition) is 0. The molecule has 0 aliphatic heterocycles. The van der Waals surface area contributed by atoms with Gasteiger partial charge in [0, 0.05) is 0 Å². The maximum absolute atomic E-state index is 13.3. The molecule has 17 heavy (non-hydrogen) atoms. The van der Waals surface area contributed by atoms with Gasteiger partial charge in [-0.05, 0) is 36.6 Å².